The number of H-pyrrole nitrogens is 1. The zero-order valence-corrected chi connectivity index (χ0v) is 12.6. The Kier molecular flexibility index (Phi) is 4.08. The standard InChI is InChI=1S/C16H11N3O3S/c17-8-10(15-18-11-4-1-2-5-12(11)19-15)13(20)9-22-16(21)14-6-3-7-23-14/h1-7,20H,9H2,(H,18,19)/b13-10-. The molecule has 2 aromatic heterocycles. The van der Waals surface area contributed by atoms with Gasteiger partial charge in [-0.3, -0.25) is 0 Å². The molecular formula is C16H11N3O3S. The summed E-state index contributed by atoms with van der Waals surface area (Å²) in [5.41, 5.74) is 1.37. The lowest BCUT2D eigenvalue weighted by Gasteiger charge is -2.04. The summed E-state index contributed by atoms with van der Waals surface area (Å²) in [6.07, 6.45) is 0. The van der Waals surface area contributed by atoms with Crippen LogP contribution in [0.5, 0.6) is 0 Å². The quantitative estimate of drug-likeness (QED) is 0.436. The van der Waals surface area contributed by atoms with Crippen molar-refractivity contribution in [3.63, 3.8) is 0 Å². The summed E-state index contributed by atoms with van der Waals surface area (Å²) in [6, 6.07) is 12.5. The maximum atomic E-state index is 11.7. The second kappa shape index (κ2) is 6.34. The van der Waals surface area contributed by atoms with Crippen LogP contribution in [0.4, 0.5) is 0 Å². The van der Waals surface area contributed by atoms with Crippen LogP contribution in [0.3, 0.4) is 0 Å². The number of carbonyl (C=O) groups excluding carboxylic acids is 1. The number of hydrogen-bond donors (Lipinski definition) is 2. The third kappa shape index (κ3) is 3.07. The minimum Gasteiger partial charge on any atom is -0.507 e. The topological polar surface area (TPSA) is 99.0 Å². The van der Waals surface area contributed by atoms with E-state index >= 15 is 0 Å². The first-order chi connectivity index (χ1) is 11.2. The molecule has 0 aliphatic rings. The van der Waals surface area contributed by atoms with Crippen molar-refractivity contribution in [3.8, 4) is 6.07 Å². The van der Waals surface area contributed by atoms with E-state index < -0.39 is 12.6 Å². The summed E-state index contributed by atoms with van der Waals surface area (Å²) in [6.45, 7) is -0.392. The molecule has 2 heterocycles. The fraction of sp³-hybridized carbons (Fsp3) is 0.0625. The van der Waals surface area contributed by atoms with Gasteiger partial charge >= 0.3 is 5.97 Å². The molecule has 3 aromatic rings. The van der Waals surface area contributed by atoms with E-state index in [0.717, 1.165) is 5.52 Å². The summed E-state index contributed by atoms with van der Waals surface area (Å²) in [5.74, 6) is -0.664. The number of allylic oxidation sites excluding steroid dienone is 1. The van der Waals surface area contributed by atoms with Crippen LogP contribution in [0.1, 0.15) is 15.5 Å². The van der Waals surface area contributed by atoms with E-state index in [1.807, 2.05) is 24.3 Å². The fourth-order valence-corrected chi connectivity index (χ4v) is 2.61. The third-order valence-corrected chi connectivity index (χ3v) is 3.94. The Morgan fingerprint density at radius 1 is 1.35 bits per heavy atom. The summed E-state index contributed by atoms with van der Waals surface area (Å²) < 4.78 is 5.00. The fourth-order valence-electron chi connectivity index (χ4n) is 2.00. The molecule has 0 bridgehead atoms. The number of aromatic amines is 1. The number of rotatable bonds is 4. The number of thiophene rings is 1. The van der Waals surface area contributed by atoms with E-state index in [1.165, 1.54) is 11.3 Å². The molecule has 0 unspecified atom stereocenters. The number of benzene rings is 1. The number of imidazole rings is 1. The van der Waals surface area contributed by atoms with Gasteiger partial charge in [0.15, 0.2) is 11.6 Å². The molecule has 0 atom stereocenters. The van der Waals surface area contributed by atoms with Crippen molar-refractivity contribution in [2.45, 2.75) is 0 Å². The van der Waals surface area contributed by atoms with Crippen molar-refractivity contribution in [3.05, 3.63) is 58.2 Å². The Balaban J connectivity index is 1.82. The molecule has 0 fully saturated rings. The van der Waals surface area contributed by atoms with Crippen LogP contribution in [0.25, 0.3) is 16.6 Å². The van der Waals surface area contributed by atoms with Gasteiger partial charge in [0.25, 0.3) is 0 Å². The van der Waals surface area contributed by atoms with E-state index in [4.69, 9.17) is 4.74 Å². The smallest absolute Gasteiger partial charge is 0.348 e. The molecule has 2 N–H and O–H groups in total. The highest BCUT2D eigenvalue weighted by molar-refractivity contribution is 7.11. The van der Waals surface area contributed by atoms with Crippen LogP contribution in [0.2, 0.25) is 0 Å². The van der Waals surface area contributed by atoms with Gasteiger partial charge in [0.2, 0.25) is 0 Å². The van der Waals surface area contributed by atoms with Gasteiger partial charge in [0.1, 0.15) is 23.1 Å². The Bertz CT molecular complexity index is 887. The van der Waals surface area contributed by atoms with E-state index in [0.29, 0.717) is 10.4 Å². The predicted molar refractivity (Wildman–Crippen MR) is 85.9 cm³/mol. The van der Waals surface area contributed by atoms with Crippen molar-refractivity contribution in [2.24, 2.45) is 0 Å². The highest BCUT2D eigenvalue weighted by Crippen LogP contribution is 2.19. The van der Waals surface area contributed by atoms with Crippen molar-refractivity contribution in [2.75, 3.05) is 6.61 Å². The Morgan fingerprint density at radius 2 is 2.17 bits per heavy atom. The molecule has 23 heavy (non-hydrogen) atoms. The lowest BCUT2D eigenvalue weighted by atomic mass is 10.2. The average Bonchev–Trinajstić information content (AvgIpc) is 3.22. The lowest BCUT2D eigenvalue weighted by Crippen LogP contribution is -2.08. The number of nitriles is 1. The number of ether oxygens (including phenoxy) is 1. The number of aliphatic hydroxyl groups is 1. The van der Waals surface area contributed by atoms with E-state index in [-0.39, 0.29) is 17.2 Å². The summed E-state index contributed by atoms with van der Waals surface area (Å²) >= 11 is 1.24. The Labute approximate surface area is 135 Å². The van der Waals surface area contributed by atoms with Crippen LogP contribution in [-0.4, -0.2) is 27.7 Å². The summed E-state index contributed by atoms with van der Waals surface area (Å²) in [5, 5.41) is 21.1. The van der Waals surface area contributed by atoms with Gasteiger partial charge in [-0.05, 0) is 23.6 Å². The number of carbonyl (C=O) groups is 1. The molecule has 0 amide bonds. The highest BCUT2D eigenvalue weighted by Gasteiger charge is 2.15. The first-order valence-corrected chi connectivity index (χ1v) is 7.55. The van der Waals surface area contributed by atoms with Crippen LogP contribution in [0, 0.1) is 11.3 Å². The normalized spacial score (nSPS) is 11.8. The van der Waals surface area contributed by atoms with Gasteiger partial charge in [-0.25, -0.2) is 9.78 Å². The van der Waals surface area contributed by atoms with Gasteiger partial charge in [-0.2, -0.15) is 5.26 Å². The molecule has 7 heteroatoms. The van der Waals surface area contributed by atoms with Gasteiger partial charge in [-0.15, -0.1) is 11.3 Å². The highest BCUT2D eigenvalue weighted by atomic mass is 32.1. The number of fused-ring (bicyclic) bond motifs is 1. The average molecular weight is 325 g/mol. The van der Waals surface area contributed by atoms with E-state index in [9.17, 15) is 15.2 Å². The molecule has 0 saturated carbocycles. The molecule has 0 spiro atoms. The number of aromatic nitrogens is 2. The van der Waals surface area contributed by atoms with E-state index in [2.05, 4.69) is 9.97 Å². The Hall–Kier alpha value is -3.11. The largest absolute Gasteiger partial charge is 0.507 e. The van der Waals surface area contributed by atoms with Gasteiger partial charge in [0.05, 0.1) is 11.0 Å². The molecule has 3 rings (SSSR count). The number of aliphatic hydroxyl groups excluding tert-OH is 1. The zero-order chi connectivity index (χ0) is 16.2. The van der Waals surface area contributed by atoms with Crippen LogP contribution >= 0.6 is 11.3 Å². The first-order valence-electron chi connectivity index (χ1n) is 6.67. The summed E-state index contributed by atoms with van der Waals surface area (Å²) in [7, 11) is 0. The number of nitrogens with one attached hydrogen (secondary N) is 1. The Morgan fingerprint density at radius 3 is 2.87 bits per heavy atom. The minimum absolute atomic E-state index is 0.0554. The molecule has 0 radical (unpaired) electrons. The predicted octanol–water partition coefficient (Wildman–Crippen LogP) is 3.27. The second-order valence-electron chi connectivity index (χ2n) is 4.59. The number of para-hydroxylation sites is 2. The third-order valence-electron chi connectivity index (χ3n) is 3.09. The summed E-state index contributed by atoms with van der Waals surface area (Å²) in [4.78, 5) is 19.4. The molecule has 114 valence electrons. The second-order valence-corrected chi connectivity index (χ2v) is 5.54. The molecule has 0 aliphatic heterocycles. The molecule has 0 aliphatic carbocycles. The van der Waals surface area contributed by atoms with Crippen LogP contribution < -0.4 is 0 Å². The number of esters is 1. The van der Waals surface area contributed by atoms with Gasteiger partial charge in [0, 0.05) is 0 Å². The maximum absolute atomic E-state index is 11.7. The van der Waals surface area contributed by atoms with Crippen LogP contribution in [0.15, 0.2) is 47.5 Å². The molecule has 1 aromatic carbocycles. The maximum Gasteiger partial charge on any atom is 0.348 e. The van der Waals surface area contributed by atoms with Gasteiger partial charge < -0.3 is 14.8 Å². The zero-order valence-electron chi connectivity index (χ0n) is 11.8. The molecular weight excluding hydrogens is 314 g/mol. The van der Waals surface area contributed by atoms with Crippen molar-refractivity contribution in [1.29, 1.82) is 5.26 Å². The lowest BCUT2D eigenvalue weighted by molar-refractivity contribution is 0.0508. The van der Waals surface area contributed by atoms with Crippen molar-refractivity contribution >= 4 is 33.9 Å². The number of nitrogens with zero attached hydrogens (tertiary/aromatic N) is 2. The van der Waals surface area contributed by atoms with Crippen LogP contribution in [-0.2, 0) is 4.74 Å². The van der Waals surface area contributed by atoms with Gasteiger partial charge in [-0.1, -0.05) is 18.2 Å². The number of hydrogen-bond acceptors (Lipinski definition) is 6. The van der Waals surface area contributed by atoms with Crippen molar-refractivity contribution < 1.29 is 14.6 Å². The first kappa shape index (κ1) is 14.8. The monoisotopic (exact) mass is 325 g/mol. The minimum atomic E-state index is -0.548. The SMILES string of the molecule is N#C/C(=C(/O)COC(=O)c1cccs1)c1nc2ccccc2[nH]1. The molecule has 6 nitrogen and oxygen atoms in total. The van der Waals surface area contributed by atoms with Crippen molar-refractivity contribution in [1.82, 2.24) is 9.97 Å². The van der Waals surface area contributed by atoms with E-state index in [1.54, 1.807) is 23.6 Å². The molecule has 0 saturated heterocycles.